The predicted molar refractivity (Wildman–Crippen MR) is 95.6 cm³/mol. The molecule has 8 nitrogen and oxygen atoms in total. The number of aryl methyl sites for hydroxylation is 1. The molecule has 26 heavy (non-hydrogen) atoms. The van der Waals surface area contributed by atoms with Gasteiger partial charge in [0.15, 0.2) is 0 Å². The maximum atomic E-state index is 12.3. The lowest BCUT2D eigenvalue weighted by Gasteiger charge is -2.33. The number of hydrogen-bond donors (Lipinski definition) is 2. The zero-order chi connectivity index (χ0) is 18.9. The van der Waals surface area contributed by atoms with Crippen LogP contribution in [0.15, 0.2) is 24.3 Å². The Bertz CT molecular complexity index is 632. The molecule has 2 N–H and O–H groups in total. The third kappa shape index (κ3) is 6.12. The van der Waals surface area contributed by atoms with Gasteiger partial charge in [0.2, 0.25) is 11.8 Å². The van der Waals surface area contributed by atoms with Crippen LogP contribution in [0.3, 0.4) is 0 Å². The highest BCUT2D eigenvalue weighted by molar-refractivity contribution is 5.93. The largest absolute Gasteiger partial charge is 0.465 e. The van der Waals surface area contributed by atoms with E-state index in [-0.39, 0.29) is 38.1 Å². The SMILES string of the molecule is CCOC(=O)CNC(=O)C1COCCN1CC(=O)Nc1ccc(C)cc1. The lowest BCUT2D eigenvalue weighted by atomic mass is 10.2. The molecule has 1 fully saturated rings. The van der Waals surface area contributed by atoms with Gasteiger partial charge >= 0.3 is 5.97 Å². The van der Waals surface area contributed by atoms with Crippen molar-refractivity contribution in [2.24, 2.45) is 0 Å². The minimum atomic E-state index is -0.623. The Labute approximate surface area is 152 Å². The highest BCUT2D eigenvalue weighted by atomic mass is 16.5. The molecule has 0 aliphatic carbocycles. The van der Waals surface area contributed by atoms with Crippen molar-refractivity contribution < 1.29 is 23.9 Å². The van der Waals surface area contributed by atoms with Crippen LogP contribution in [-0.2, 0) is 23.9 Å². The van der Waals surface area contributed by atoms with Crippen LogP contribution in [-0.4, -0.2) is 68.2 Å². The summed E-state index contributed by atoms with van der Waals surface area (Å²) in [5.41, 5.74) is 1.81. The summed E-state index contributed by atoms with van der Waals surface area (Å²) in [6, 6.07) is 6.86. The first-order valence-electron chi connectivity index (χ1n) is 8.61. The number of benzene rings is 1. The first kappa shape index (κ1) is 19.9. The Morgan fingerprint density at radius 1 is 1.27 bits per heavy atom. The van der Waals surface area contributed by atoms with E-state index in [2.05, 4.69) is 10.6 Å². The van der Waals surface area contributed by atoms with E-state index in [0.29, 0.717) is 18.8 Å². The first-order chi connectivity index (χ1) is 12.5. The van der Waals surface area contributed by atoms with Crippen molar-refractivity contribution in [3.8, 4) is 0 Å². The third-order valence-corrected chi connectivity index (χ3v) is 3.94. The smallest absolute Gasteiger partial charge is 0.325 e. The average Bonchev–Trinajstić information content (AvgIpc) is 2.62. The molecule has 1 saturated heterocycles. The lowest BCUT2D eigenvalue weighted by molar-refractivity contribution is -0.145. The van der Waals surface area contributed by atoms with Crippen LogP contribution >= 0.6 is 0 Å². The van der Waals surface area contributed by atoms with Crippen molar-refractivity contribution >= 4 is 23.5 Å². The fourth-order valence-corrected chi connectivity index (χ4v) is 2.58. The van der Waals surface area contributed by atoms with Crippen molar-refractivity contribution in [3.63, 3.8) is 0 Å². The number of carbonyl (C=O) groups is 3. The second-order valence-electron chi connectivity index (χ2n) is 6.00. The molecule has 0 saturated carbocycles. The molecule has 1 aliphatic rings. The topological polar surface area (TPSA) is 97.0 Å². The maximum absolute atomic E-state index is 12.3. The number of hydrogen-bond acceptors (Lipinski definition) is 6. The van der Waals surface area contributed by atoms with Gasteiger partial charge in [-0.3, -0.25) is 19.3 Å². The number of nitrogens with zero attached hydrogens (tertiary/aromatic N) is 1. The van der Waals surface area contributed by atoms with E-state index in [0.717, 1.165) is 5.56 Å². The van der Waals surface area contributed by atoms with Gasteiger partial charge in [-0.1, -0.05) is 17.7 Å². The molecule has 1 heterocycles. The van der Waals surface area contributed by atoms with E-state index in [1.807, 2.05) is 31.2 Å². The number of amides is 2. The van der Waals surface area contributed by atoms with E-state index >= 15 is 0 Å². The van der Waals surface area contributed by atoms with Crippen molar-refractivity contribution in [2.45, 2.75) is 19.9 Å². The summed E-state index contributed by atoms with van der Waals surface area (Å²) in [6.45, 7) is 4.86. The minimum Gasteiger partial charge on any atom is -0.465 e. The van der Waals surface area contributed by atoms with Crippen LogP contribution in [0, 0.1) is 6.92 Å². The van der Waals surface area contributed by atoms with E-state index < -0.39 is 12.0 Å². The molecule has 1 atom stereocenters. The fraction of sp³-hybridized carbons (Fsp3) is 0.500. The molecule has 2 amide bonds. The van der Waals surface area contributed by atoms with E-state index in [4.69, 9.17) is 9.47 Å². The summed E-state index contributed by atoms with van der Waals surface area (Å²) >= 11 is 0. The van der Waals surface area contributed by atoms with Gasteiger partial charge in [0.05, 0.1) is 26.4 Å². The van der Waals surface area contributed by atoms with E-state index in [9.17, 15) is 14.4 Å². The van der Waals surface area contributed by atoms with Crippen molar-refractivity contribution in [1.82, 2.24) is 10.2 Å². The van der Waals surface area contributed by atoms with Gasteiger partial charge in [-0.2, -0.15) is 0 Å². The zero-order valence-electron chi connectivity index (χ0n) is 15.1. The molecular weight excluding hydrogens is 338 g/mol. The predicted octanol–water partition coefficient (Wildman–Crippen LogP) is 0.314. The quantitative estimate of drug-likeness (QED) is 0.677. The Balaban J connectivity index is 1.88. The summed E-state index contributed by atoms with van der Waals surface area (Å²) < 4.78 is 10.1. The number of morpholine rings is 1. The summed E-state index contributed by atoms with van der Waals surface area (Å²) in [6.07, 6.45) is 0. The Morgan fingerprint density at radius 3 is 2.69 bits per heavy atom. The summed E-state index contributed by atoms with van der Waals surface area (Å²) in [5, 5.41) is 5.34. The normalized spacial score (nSPS) is 17.4. The molecule has 1 unspecified atom stereocenters. The van der Waals surface area contributed by atoms with Crippen molar-refractivity contribution in [2.75, 3.05) is 44.8 Å². The number of carbonyl (C=O) groups excluding carboxylic acids is 3. The second kappa shape index (κ2) is 9.88. The van der Waals surface area contributed by atoms with Gasteiger partial charge in [0.1, 0.15) is 12.6 Å². The Kier molecular flexibility index (Phi) is 7.55. The van der Waals surface area contributed by atoms with Crippen LogP contribution in [0.5, 0.6) is 0 Å². The van der Waals surface area contributed by atoms with Crippen LogP contribution in [0.4, 0.5) is 5.69 Å². The number of rotatable bonds is 7. The first-order valence-corrected chi connectivity index (χ1v) is 8.61. The number of anilines is 1. The molecule has 0 radical (unpaired) electrons. The molecule has 1 aromatic rings. The van der Waals surface area contributed by atoms with Gasteiger partial charge < -0.3 is 20.1 Å². The average molecular weight is 363 g/mol. The summed E-state index contributed by atoms with van der Waals surface area (Å²) in [4.78, 5) is 37.7. The molecular formula is C18H25N3O5. The minimum absolute atomic E-state index is 0.0642. The fourth-order valence-electron chi connectivity index (χ4n) is 2.58. The summed E-state index contributed by atoms with van der Waals surface area (Å²) in [5.74, 6) is -1.07. The number of ether oxygens (including phenoxy) is 2. The summed E-state index contributed by atoms with van der Waals surface area (Å²) in [7, 11) is 0. The zero-order valence-corrected chi connectivity index (χ0v) is 15.1. The van der Waals surface area contributed by atoms with Gasteiger partial charge in [-0.15, -0.1) is 0 Å². The molecule has 2 rings (SSSR count). The molecule has 0 spiro atoms. The molecule has 8 heteroatoms. The van der Waals surface area contributed by atoms with E-state index in [1.54, 1.807) is 11.8 Å². The van der Waals surface area contributed by atoms with Gasteiger partial charge in [0.25, 0.3) is 0 Å². The van der Waals surface area contributed by atoms with Crippen molar-refractivity contribution in [1.29, 1.82) is 0 Å². The third-order valence-electron chi connectivity index (χ3n) is 3.94. The molecule has 0 aromatic heterocycles. The van der Waals surface area contributed by atoms with Crippen molar-refractivity contribution in [3.05, 3.63) is 29.8 Å². The van der Waals surface area contributed by atoms with Gasteiger partial charge in [0, 0.05) is 12.2 Å². The van der Waals surface area contributed by atoms with Gasteiger partial charge in [-0.25, -0.2) is 0 Å². The molecule has 0 bridgehead atoms. The highest BCUT2D eigenvalue weighted by Gasteiger charge is 2.31. The number of nitrogens with one attached hydrogen (secondary N) is 2. The standard InChI is InChI=1S/C18H25N3O5/c1-3-26-17(23)10-19-18(24)15-12-25-9-8-21(15)11-16(22)20-14-6-4-13(2)5-7-14/h4-7,15H,3,8-12H2,1-2H3,(H,19,24)(H,20,22). The monoisotopic (exact) mass is 363 g/mol. The van der Waals surface area contributed by atoms with E-state index in [1.165, 1.54) is 0 Å². The van der Waals surface area contributed by atoms with Crippen LogP contribution in [0.1, 0.15) is 12.5 Å². The van der Waals surface area contributed by atoms with Crippen LogP contribution in [0.25, 0.3) is 0 Å². The Morgan fingerprint density at radius 2 is 2.00 bits per heavy atom. The maximum Gasteiger partial charge on any atom is 0.325 e. The molecule has 142 valence electrons. The second-order valence-corrected chi connectivity index (χ2v) is 6.00. The molecule has 1 aromatic carbocycles. The Hall–Kier alpha value is -2.45. The molecule has 1 aliphatic heterocycles. The van der Waals surface area contributed by atoms with Crippen LogP contribution < -0.4 is 10.6 Å². The number of esters is 1. The van der Waals surface area contributed by atoms with Gasteiger partial charge in [-0.05, 0) is 26.0 Å². The highest BCUT2D eigenvalue weighted by Crippen LogP contribution is 2.11. The van der Waals surface area contributed by atoms with Crippen LogP contribution in [0.2, 0.25) is 0 Å². The lowest BCUT2D eigenvalue weighted by Crippen LogP contribution is -2.56.